The monoisotopic (exact) mass is 148 g/mol. The van der Waals surface area contributed by atoms with Crippen molar-refractivity contribution in [3.8, 4) is 0 Å². The van der Waals surface area contributed by atoms with Crippen molar-refractivity contribution < 1.29 is 19.3 Å². The summed E-state index contributed by atoms with van der Waals surface area (Å²) in [6, 6.07) is 0. The second-order valence-electron chi connectivity index (χ2n) is 2.14. The zero-order chi connectivity index (χ0) is 7.40. The van der Waals surface area contributed by atoms with Crippen molar-refractivity contribution in [2.45, 2.75) is 12.4 Å². The van der Waals surface area contributed by atoms with Crippen molar-refractivity contribution in [2.75, 3.05) is 26.9 Å². The molecule has 0 aromatic heterocycles. The SMILES string of the molecule is COC1COCC(CO)O1. The minimum absolute atomic E-state index is 0.0140. The minimum atomic E-state index is -0.314. The largest absolute Gasteiger partial charge is 0.394 e. The van der Waals surface area contributed by atoms with Gasteiger partial charge >= 0.3 is 0 Å². The van der Waals surface area contributed by atoms with E-state index in [0.717, 1.165) is 0 Å². The van der Waals surface area contributed by atoms with Crippen LogP contribution < -0.4 is 0 Å². The maximum absolute atomic E-state index is 8.64. The summed E-state index contributed by atoms with van der Waals surface area (Å²) in [5, 5.41) is 8.64. The lowest BCUT2D eigenvalue weighted by atomic mass is 10.4. The van der Waals surface area contributed by atoms with Crippen LogP contribution in [-0.2, 0) is 14.2 Å². The quantitative estimate of drug-likeness (QED) is 0.566. The fourth-order valence-electron chi connectivity index (χ4n) is 0.808. The molecule has 0 aliphatic carbocycles. The molecule has 1 saturated heterocycles. The van der Waals surface area contributed by atoms with E-state index >= 15 is 0 Å². The van der Waals surface area contributed by atoms with Gasteiger partial charge in [0.1, 0.15) is 6.10 Å². The number of hydrogen-bond acceptors (Lipinski definition) is 4. The van der Waals surface area contributed by atoms with Gasteiger partial charge in [0.2, 0.25) is 0 Å². The van der Waals surface area contributed by atoms with Crippen LogP contribution in [0.25, 0.3) is 0 Å². The molecule has 4 nitrogen and oxygen atoms in total. The summed E-state index contributed by atoms with van der Waals surface area (Å²) in [6.07, 6.45) is -0.537. The van der Waals surface area contributed by atoms with Crippen LogP contribution in [0.3, 0.4) is 0 Å². The first-order valence-electron chi connectivity index (χ1n) is 3.23. The molecule has 1 heterocycles. The molecule has 0 radical (unpaired) electrons. The molecular formula is C6H12O4. The van der Waals surface area contributed by atoms with E-state index in [4.69, 9.17) is 19.3 Å². The molecule has 0 amide bonds. The lowest BCUT2D eigenvalue weighted by molar-refractivity contribution is -0.238. The van der Waals surface area contributed by atoms with Crippen LogP contribution in [0.2, 0.25) is 0 Å². The maximum Gasteiger partial charge on any atom is 0.181 e. The van der Waals surface area contributed by atoms with Gasteiger partial charge in [0.15, 0.2) is 6.29 Å². The molecule has 0 spiro atoms. The zero-order valence-corrected chi connectivity index (χ0v) is 5.95. The average molecular weight is 148 g/mol. The molecule has 4 heteroatoms. The molecule has 1 rings (SSSR count). The first-order chi connectivity index (χ1) is 4.86. The van der Waals surface area contributed by atoms with E-state index in [-0.39, 0.29) is 19.0 Å². The van der Waals surface area contributed by atoms with Crippen LogP contribution >= 0.6 is 0 Å². The van der Waals surface area contributed by atoms with Crippen molar-refractivity contribution in [1.29, 1.82) is 0 Å². The first kappa shape index (κ1) is 7.94. The van der Waals surface area contributed by atoms with E-state index in [1.54, 1.807) is 7.11 Å². The third kappa shape index (κ3) is 1.91. The topological polar surface area (TPSA) is 47.9 Å². The highest BCUT2D eigenvalue weighted by atomic mass is 16.7. The highest BCUT2D eigenvalue weighted by Crippen LogP contribution is 2.07. The maximum atomic E-state index is 8.64. The van der Waals surface area contributed by atoms with Gasteiger partial charge in [0.05, 0.1) is 19.8 Å². The summed E-state index contributed by atoms with van der Waals surface area (Å²) in [6.45, 7) is 0.892. The zero-order valence-electron chi connectivity index (χ0n) is 5.95. The van der Waals surface area contributed by atoms with Crippen LogP contribution in [-0.4, -0.2) is 44.4 Å². The van der Waals surface area contributed by atoms with Gasteiger partial charge in [0.25, 0.3) is 0 Å². The summed E-state index contributed by atoms with van der Waals surface area (Å²) in [4.78, 5) is 0. The molecule has 0 aromatic rings. The Hall–Kier alpha value is -0.160. The average Bonchev–Trinajstić information content (AvgIpc) is 2.05. The minimum Gasteiger partial charge on any atom is -0.394 e. The Labute approximate surface area is 59.7 Å². The molecule has 10 heavy (non-hydrogen) atoms. The Kier molecular flexibility index (Phi) is 3.08. The van der Waals surface area contributed by atoms with E-state index in [2.05, 4.69) is 0 Å². The van der Waals surface area contributed by atoms with Crippen molar-refractivity contribution in [1.82, 2.24) is 0 Å². The van der Waals surface area contributed by atoms with Crippen molar-refractivity contribution >= 4 is 0 Å². The van der Waals surface area contributed by atoms with Crippen LogP contribution in [0.5, 0.6) is 0 Å². The Bertz CT molecular complexity index is 85.7. The molecule has 1 aliphatic rings. The van der Waals surface area contributed by atoms with Gasteiger partial charge in [-0.2, -0.15) is 0 Å². The Morgan fingerprint density at radius 3 is 3.00 bits per heavy atom. The number of methoxy groups -OCH3 is 1. The lowest BCUT2D eigenvalue weighted by Crippen LogP contribution is -2.39. The lowest BCUT2D eigenvalue weighted by Gasteiger charge is -2.27. The number of aliphatic hydroxyl groups excluding tert-OH is 1. The first-order valence-corrected chi connectivity index (χ1v) is 3.23. The van der Waals surface area contributed by atoms with Crippen LogP contribution in [0.1, 0.15) is 0 Å². The number of hydrogen-bond donors (Lipinski definition) is 1. The smallest absolute Gasteiger partial charge is 0.181 e. The summed E-state index contributed by atoms with van der Waals surface area (Å²) >= 11 is 0. The van der Waals surface area contributed by atoms with Gasteiger partial charge < -0.3 is 19.3 Å². The van der Waals surface area contributed by atoms with E-state index < -0.39 is 0 Å². The summed E-state index contributed by atoms with van der Waals surface area (Å²) in [5.41, 5.74) is 0. The second kappa shape index (κ2) is 3.88. The molecule has 2 atom stereocenters. The van der Waals surface area contributed by atoms with Crippen molar-refractivity contribution in [3.63, 3.8) is 0 Å². The van der Waals surface area contributed by atoms with Gasteiger partial charge in [-0.1, -0.05) is 0 Å². The number of aliphatic hydroxyl groups is 1. The van der Waals surface area contributed by atoms with Crippen molar-refractivity contribution in [2.24, 2.45) is 0 Å². The molecule has 0 aromatic carbocycles. The third-order valence-corrected chi connectivity index (χ3v) is 1.37. The summed E-state index contributed by atoms with van der Waals surface area (Å²) in [5.74, 6) is 0. The Morgan fingerprint density at radius 2 is 2.40 bits per heavy atom. The van der Waals surface area contributed by atoms with Crippen LogP contribution in [0.4, 0.5) is 0 Å². The van der Waals surface area contributed by atoms with Gasteiger partial charge in [-0.25, -0.2) is 0 Å². The van der Waals surface area contributed by atoms with E-state index in [0.29, 0.717) is 13.2 Å². The molecule has 0 bridgehead atoms. The highest BCUT2D eigenvalue weighted by Gasteiger charge is 2.21. The van der Waals surface area contributed by atoms with Gasteiger partial charge in [-0.15, -0.1) is 0 Å². The van der Waals surface area contributed by atoms with E-state index in [9.17, 15) is 0 Å². The third-order valence-electron chi connectivity index (χ3n) is 1.37. The molecule has 1 aliphatic heterocycles. The van der Waals surface area contributed by atoms with E-state index in [1.807, 2.05) is 0 Å². The highest BCUT2D eigenvalue weighted by molar-refractivity contribution is 4.60. The summed E-state index contributed by atoms with van der Waals surface area (Å²) < 4.78 is 15.1. The normalized spacial score (nSPS) is 34.2. The molecule has 1 fully saturated rings. The van der Waals surface area contributed by atoms with Crippen LogP contribution in [0, 0.1) is 0 Å². The molecular weight excluding hydrogens is 136 g/mol. The fraction of sp³-hybridized carbons (Fsp3) is 1.00. The molecule has 0 saturated carbocycles. The predicted octanol–water partition coefficient (Wildman–Crippen LogP) is -0.633. The van der Waals surface area contributed by atoms with Gasteiger partial charge in [0, 0.05) is 7.11 Å². The van der Waals surface area contributed by atoms with Gasteiger partial charge in [-0.05, 0) is 0 Å². The second-order valence-corrected chi connectivity index (χ2v) is 2.14. The summed E-state index contributed by atoms with van der Waals surface area (Å²) in [7, 11) is 1.55. The van der Waals surface area contributed by atoms with Gasteiger partial charge in [-0.3, -0.25) is 0 Å². The standard InChI is InChI=1S/C6H12O4/c1-8-6-4-9-3-5(2-7)10-6/h5-7H,2-4H2,1H3. The Morgan fingerprint density at radius 1 is 1.60 bits per heavy atom. The van der Waals surface area contributed by atoms with Crippen molar-refractivity contribution in [3.05, 3.63) is 0 Å². The number of ether oxygens (including phenoxy) is 3. The predicted molar refractivity (Wildman–Crippen MR) is 33.6 cm³/mol. The number of rotatable bonds is 2. The molecule has 1 N–H and O–H groups in total. The fourth-order valence-corrected chi connectivity index (χ4v) is 0.808. The molecule has 60 valence electrons. The molecule has 2 unspecified atom stereocenters. The van der Waals surface area contributed by atoms with E-state index in [1.165, 1.54) is 0 Å². The van der Waals surface area contributed by atoms with Crippen LogP contribution in [0.15, 0.2) is 0 Å². The Balaban J connectivity index is 2.25.